The Hall–Kier alpha value is -3.03. The summed E-state index contributed by atoms with van der Waals surface area (Å²) in [6.07, 6.45) is 1.45. The molecule has 1 aliphatic heterocycles. The van der Waals surface area contributed by atoms with E-state index in [1.54, 1.807) is 0 Å². The zero-order valence-corrected chi connectivity index (χ0v) is 15.0. The van der Waals surface area contributed by atoms with E-state index < -0.39 is 0 Å². The van der Waals surface area contributed by atoms with Crippen molar-refractivity contribution >= 4 is 5.91 Å². The van der Waals surface area contributed by atoms with Crippen LogP contribution in [0.4, 0.5) is 0 Å². The lowest BCUT2D eigenvalue weighted by Gasteiger charge is -2.34. The van der Waals surface area contributed by atoms with Crippen LogP contribution in [-0.2, 0) is 6.54 Å². The van der Waals surface area contributed by atoms with Gasteiger partial charge in [-0.05, 0) is 19.1 Å². The molecule has 1 N–H and O–H groups in total. The molecule has 1 amide bonds. The van der Waals surface area contributed by atoms with Gasteiger partial charge in [0.15, 0.2) is 11.6 Å². The highest BCUT2D eigenvalue weighted by Crippen LogP contribution is 2.28. The number of hydrogen-bond acceptors (Lipinski definition) is 5. The summed E-state index contributed by atoms with van der Waals surface area (Å²) in [6, 6.07) is 7.31. The van der Waals surface area contributed by atoms with E-state index in [0.717, 1.165) is 17.2 Å². The minimum Gasteiger partial charge on any atom is -0.327 e. The zero-order valence-electron chi connectivity index (χ0n) is 15.0. The van der Waals surface area contributed by atoms with Crippen molar-refractivity contribution < 1.29 is 4.79 Å². The number of nitrogens with zero attached hydrogens (tertiary/aromatic N) is 6. The largest absolute Gasteiger partial charge is 0.327 e. The SMILES string of the molecule is CC(C)c1nnc2n1CCN(C(=O)c1cccc(-c3ncn[nH]3)c1)C2C. The molecule has 1 aromatic carbocycles. The Morgan fingerprint density at radius 2 is 2.12 bits per heavy atom. The zero-order chi connectivity index (χ0) is 18.3. The van der Waals surface area contributed by atoms with Crippen molar-refractivity contribution in [2.45, 2.75) is 39.3 Å². The Kier molecular flexibility index (Phi) is 4.02. The fourth-order valence-corrected chi connectivity index (χ4v) is 3.42. The molecule has 0 aliphatic carbocycles. The van der Waals surface area contributed by atoms with Gasteiger partial charge < -0.3 is 9.47 Å². The van der Waals surface area contributed by atoms with Crippen LogP contribution >= 0.6 is 0 Å². The highest BCUT2D eigenvalue weighted by molar-refractivity contribution is 5.95. The third-order valence-electron chi connectivity index (χ3n) is 4.79. The molecule has 2 aromatic heterocycles. The smallest absolute Gasteiger partial charge is 0.254 e. The first kappa shape index (κ1) is 16.4. The number of carbonyl (C=O) groups excluding carboxylic acids is 1. The maximum atomic E-state index is 13.1. The van der Waals surface area contributed by atoms with E-state index >= 15 is 0 Å². The van der Waals surface area contributed by atoms with Gasteiger partial charge in [0.05, 0.1) is 6.04 Å². The number of H-pyrrole nitrogens is 1. The lowest BCUT2D eigenvalue weighted by molar-refractivity contribution is 0.0636. The summed E-state index contributed by atoms with van der Waals surface area (Å²) in [5.74, 6) is 2.77. The van der Waals surface area contributed by atoms with Crippen molar-refractivity contribution in [2.24, 2.45) is 0 Å². The average molecular weight is 351 g/mol. The van der Waals surface area contributed by atoms with Crippen LogP contribution in [0.5, 0.6) is 0 Å². The molecule has 1 atom stereocenters. The Morgan fingerprint density at radius 3 is 2.85 bits per heavy atom. The van der Waals surface area contributed by atoms with E-state index in [0.29, 0.717) is 30.4 Å². The molecule has 8 heteroatoms. The second-order valence-corrected chi connectivity index (χ2v) is 6.81. The maximum Gasteiger partial charge on any atom is 0.254 e. The van der Waals surface area contributed by atoms with E-state index in [9.17, 15) is 4.79 Å². The fraction of sp³-hybridized carbons (Fsp3) is 0.389. The van der Waals surface area contributed by atoms with Gasteiger partial charge in [-0.2, -0.15) is 5.10 Å². The molecule has 26 heavy (non-hydrogen) atoms. The molecular weight excluding hydrogens is 330 g/mol. The Morgan fingerprint density at radius 1 is 1.27 bits per heavy atom. The average Bonchev–Trinajstić information content (AvgIpc) is 3.32. The van der Waals surface area contributed by atoms with E-state index in [4.69, 9.17) is 0 Å². The van der Waals surface area contributed by atoms with E-state index in [1.165, 1.54) is 6.33 Å². The topological polar surface area (TPSA) is 92.6 Å². The lowest BCUT2D eigenvalue weighted by atomic mass is 10.1. The lowest BCUT2D eigenvalue weighted by Crippen LogP contribution is -2.41. The van der Waals surface area contributed by atoms with E-state index in [-0.39, 0.29) is 11.9 Å². The third-order valence-corrected chi connectivity index (χ3v) is 4.79. The summed E-state index contributed by atoms with van der Waals surface area (Å²) < 4.78 is 2.14. The summed E-state index contributed by atoms with van der Waals surface area (Å²) >= 11 is 0. The monoisotopic (exact) mass is 351 g/mol. The number of carbonyl (C=O) groups is 1. The van der Waals surface area contributed by atoms with Crippen molar-refractivity contribution in [3.8, 4) is 11.4 Å². The van der Waals surface area contributed by atoms with Crippen molar-refractivity contribution in [1.82, 2.24) is 34.8 Å². The third kappa shape index (κ3) is 2.67. The van der Waals surface area contributed by atoms with Crippen LogP contribution in [0.15, 0.2) is 30.6 Å². The first-order chi connectivity index (χ1) is 12.6. The molecule has 3 aromatic rings. The summed E-state index contributed by atoms with van der Waals surface area (Å²) in [5, 5.41) is 15.4. The number of nitrogens with one attached hydrogen (secondary N) is 1. The van der Waals surface area contributed by atoms with Gasteiger partial charge in [0.25, 0.3) is 5.91 Å². The molecular formula is C18H21N7O. The molecule has 8 nitrogen and oxygen atoms in total. The van der Waals surface area contributed by atoms with Crippen molar-refractivity contribution in [3.05, 3.63) is 47.8 Å². The van der Waals surface area contributed by atoms with Gasteiger partial charge in [0, 0.05) is 30.1 Å². The van der Waals surface area contributed by atoms with Crippen molar-refractivity contribution in [1.29, 1.82) is 0 Å². The number of hydrogen-bond donors (Lipinski definition) is 1. The number of aromatic amines is 1. The summed E-state index contributed by atoms with van der Waals surface area (Å²) in [7, 11) is 0. The predicted octanol–water partition coefficient (Wildman–Crippen LogP) is 2.40. The molecule has 4 rings (SSSR count). The van der Waals surface area contributed by atoms with Crippen LogP contribution in [-0.4, -0.2) is 47.3 Å². The molecule has 134 valence electrons. The van der Waals surface area contributed by atoms with Gasteiger partial charge >= 0.3 is 0 Å². The second kappa shape index (κ2) is 6.36. The normalized spacial score (nSPS) is 16.8. The minimum absolute atomic E-state index is 0.0146. The first-order valence-corrected chi connectivity index (χ1v) is 8.76. The molecule has 0 bridgehead atoms. The molecule has 0 saturated heterocycles. The highest BCUT2D eigenvalue weighted by atomic mass is 16.2. The maximum absolute atomic E-state index is 13.1. The van der Waals surface area contributed by atoms with Crippen LogP contribution in [0.3, 0.4) is 0 Å². The van der Waals surface area contributed by atoms with E-state index in [2.05, 4.69) is 43.8 Å². The van der Waals surface area contributed by atoms with Crippen LogP contribution in [0.1, 0.15) is 54.7 Å². The van der Waals surface area contributed by atoms with Gasteiger partial charge in [-0.1, -0.05) is 26.0 Å². The van der Waals surface area contributed by atoms with E-state index in [1.807, 2.05) is 36.1 Å². The molecule has 1 aliphatic rings. The number of aromatic nitrogens is 6. The molecule has 3 heterocycles. The number of rotatable bonds is 3. The fourth-order valence-electron chi connectivity index (χ4n) is 3.42. The molecule has 0 saturated carbocycles. The standard InChI is InChI=1S/C18H21N7O/c1-11(2)16-22-23-17-12(3)24(7-8-25(16)17)18(26)14-6-4-5-13(9-14)15-19-10-20-21-15/h4-6,9-12H,7-8H2,1-3H3,(H,19,20,21). The summed E-state index contributed by atoms with van der Waals surface area (Å²) in [5.41, 5.74) is 1.46. The number of fused-ring (bicyclic) bond motifs is 1. The molecule has 0 radical (unpaired) electrons. The van der Waals surface area contributed by atoms with Crippen molar-refractivity contribution in [3.63, 3.8) is 0 Å². The van der Waals surface area contributed by atoms with Crippen molar-refractivity contribution in [2.75, 3.05) is 6.54 Å². The van der Waals surface area contributed by atoms with Gasteiger partial charge in [-0.3, -0.25) is 9.89 Å². The number of amides is 1. The summed E-state index contributed by atoms with van der Waals surface area (Å²) in [4.78, 5) is 19.1. The van der Waals surface area contributed by atoms with Crippen LogP contribution in [0.25, 0.3) is 11.4 Å². The number of benzene rings is 1. The van der Waals surface area contributed by atoms with Gasteiger partial charge in [-0.25, -0.2) is 4.98 Å². The Bertz CT molecular complexity index is 929. The Balaban J connectivity index is 1.62. The van der Waals surface area contributed by atoms with Gasteiger partial charge in [-0.15, -0.1) is 10.2 Å². The quantitative estimate of drug-likeness (QED) is 0.782. The minimum atomic E-state index is -0.120. The van der Waals surface area contributed by atoms with Crippen LogP contribution in [0, 0.1) is 0 Å². The highest BCUT2D eigenvalue weighted by Gasteiger charge is 2.32. The summed E-state index contributed by atoms with van der Waals surface area (Å²) in [6.45, 7) is 7.57. The second-order valence-electron chi connectivity index (χ2n) is 6.81. The van der Waals surface area contributed by atoms with Gasteiger partial charge in [0.1, 0.15) is 12.2 Å². The predicted molar refractivity (Wildman–Crippen MR) is 95.4 cm³/mol. The van der Waals surface area contributed by atoms with Crippen LogP contribution in [0.2, 0.25) is 0 Å². The molecule has 0 fully saturated rings. The van der Waals surface area contributed by atoms with Crippen LogP contribution < -0.4 is 0 Å². The van der Waals surface area contributed by atoms with Gasteiger partial charge in [0.2, 0.25) is 0 Å². The molecule has 1 unspecified atom stereocenters. The first-order valence-electron chi connectivity index (χ1n) is 8.76. The molecule has 0 spiro atoms. The Labute approximate surface area is 151 Å².